The molecule has 0 aromatic carbocycles. The van der Waals surface area contributed by atoms with E-state index in [9.17, 15) is 18.0 Å². The molecule has 2 aliphatic rings. The number of alkyl halides is 3. The number of rotatable bonds is 2. The minimum absolute atomic E-state index is 0.0425. The maximum atomic E-state index is 13.8. The number of amides is 1. The van der Waals surface area contributed by atoms with Crippen molar-refractivity contribution in [3.8, 4) is 0 Å². The van der Waals surface area contributed by atoms with Crippen LogP contribution in [0.3, 0.4) is 0 Å². The van der Waals surface area contributed by atoms with Crippen LogP contribution in [0.25, 0.3) is 0 Å². The van der Waals surface area contributed by atoms with E-state index >= 15 is 0 Å². The first-order valence-corrected chi connectivity index (χ1v) is 10.5. The SMILES string of the molecule is CC1CCN(C(=O)c2nn3c(c2Cl)NC(c2cccs2)CC3C(F)(F)F)CC1. The Balaban J connectivity index is 1.69. The average molecular weight is 433 g/mol. The number of nitrogens with zero attached hydrogens (tertiary/aromatic N) is 3. The van der Waals surface area contributed by atoms with Gasteiger partial charge in [0.2, 0.25) is 0 Å². The molecule has 1 N–H and O–H groups in total. The van der Waals surface area contributed by atoms with Crippen molar-refractivity contribution in [2.75, 3.05) is 18.4 Å². The molecule has 2 aliphatic heterocycles. The molecule has 0 aliphatic carbocycles. The average Bonchev–Trinajstić information content (AvgIpc) is 3.29. The topological polar surface area (TPSA) is 50.2 Å². The Bertz CT molecular complexity index is 859. The van der Waals surface area contributed by atoms with Crippen molar-refractivity contribution in [1.82, 2.24) is 14.7 Å². The van der Waals surface area contributed by atoms with E-state index in [1.54, 1.807) is 17.0 Å². The second-order valence-electron chi connectivity index (χ2n) is 7.44. The number of thiophene rings is 1. The van der Waals surface area contributed by atoms with Gasteiger partial charge < -0.3 is 10.2 Å². The summed E-state index contributed by atoms with van der Waals surface area (Å²) in [5.74, 6) is 0.175. The molecular weight excluding hydrogens is 413 g/mol. The molecule has 1 fully saturated rings. The van der Waals surface area contributed by atoms with E-state index in [4.69, 9.17) is 11.6 Å². The third-order valence-electron chi connectivity index (χ3n) is 5.46. The van der Waals surface area contributed by atoms with Gasteiger partial charge in [0, 0.05) is 24.4 Å². The Morgan fingerprint density at radius 2 is 2.07 bits per heavy atom. The van der Waals surface area contributed by atoms with Crippen LogP contribution in [-0.2, 0) is 0 Å². The van der Waals surface area contributed by atoms with Gasteiger partial charge in [-0.2, -0.15) is 18.3 Å². The molecule has 5 nitrogen and oxygen atoms in total. The molecule has 0 spiro atoms. The van der Waals surface area contributed by atoms with Gasteiger partial charge in [-0.1, -0.05) is 24.6 Å². The number of fused-ring (bicyclic) bond motifs is 1. The first-order chi connectivity index (χ1) is 13.3. The summed E-state index contributed by atoms with van der Waals surface area (Å²) in [5, 5.41) is 8.86. The summed E-state index contributed by atoms with van der Waals surface area (Å²) in [5.41, 5.74) is -0.111. The standard InChI is InChI=1S/C18H20ClF3N4OS/c1-10-4-6-25(7-5-10)17(27)15-14(19)16-23-11(12-3-2-8-28-12)9-13(18(20,21)22)26(16)24-15/h2-3,8,10-11,13,23H,4-7,9H2,1H3. The number of piperidine rings is 1. The highest BCUT2D eigenvalue weighted by Crippen LogP contribution is 2.47. The zero-order valence-electron chi connectivity index (χ0n) is 15.2. The van der Waals surface area contributed by atoms with Crippen LogP contribution < -0.4 is 5.32 Å². The van der Waals surface area contributed by atoms with Gasteiger partial charge in [-0.15, -0.1) is 11.3 Å². The van der Waals surface area contributed by atoms with Gasteiger partial charge in [0.1, 0.15) is 10.8 Å². The molecule has 152 valence electrons. The van der Waals surface area contributed by atoms with Crippen molar-refractivity contribution in [1.29, 1.82) is 0 Å². The molecule has 4 heterocycles. The Kier molecular flexibility index (Phi) is 5.07. The van der Waals surface area contributed by atoms with Crippen LogP contribution in [-0.4, -0.2) is 39.9 Å². The Labute approximate surface area is 169 Å². The molecular formula is C18H20ClF3N4OS. The lowest BCUT2D eigenvalue weighted by molar-refractivity contribution is -0.173. The van der Waals surface area contributed by atoms with Gasteiger partial charge in [-0.05, 0) is 30.2 Å². The predicted molar refractivity (Wildman–Crippen MR) is 102 cm³/mol. The largest absolute Gasteiger partial charge is 0.410 e. The molecule has 28 heavy (non-hydrogen) atoms. The zero-order chi connectivity index (χ0) is 20.1. The molecule has 2 aromatic rings. The third kappa shape index (κ3) is 3.50. The number of likely N-dealkylation sites (tertiary alicyclic amines) is 1. The van der Waals surface area contributed by atoms with E-state index < -0.39 is 24.2 Å². The number of nitrogens with one attached hydrogen (secondary N) is 1. The molecule has 1 amide bonds. The minimum Gasteiger partial charge on any atom is -0.361 e. The van der Waals surface area contributed by atoms with Gasteiger partial charge in [0.25, 0.3) is 5.91 Å². The molecule has 1 saturated heterocycles. The quantitative estimate of drug-likeness (QED) is 0.715. The predicted octanol–water partition coefficient (Wildman–Crippen LogP) is 5.13. The maximum absolute atomic E-state index is 13.8. The maximum Gasteiger partial charge on any atom is 0.410 e. The second kappa shape index (κ2) is 7.26. The van der Waals surface area contributed by atoms with Gasteiger partial charge in [0.15, 0.2) is 11.7 Å². The summed E-state index contributed by atoms with van der Waals surface area (Å²) in [7, 11) is 0. The fraction of sp³-hybridized carbons (Fsp3) is 0.556. The monoisotopic (exact) mass is 432 g/mol. The highest BCUT2D eigenvalue weighted by atomic mass is 35.5. The summed E-state index contributed by atoms with van der Waals surface area (Å²) in [6.45, 7) is 3.24. The molecule has 0 bridgehead atoms. The molecule has 0 radical (unpaired) electrons. The van der Waals surface area contributed by atoms with Gasteiger partial charge in [0.05, 0.1) is 6.04 Å². The summed E-state index contributed by atoms with van der Waals surface area (Å²) in [6.07, 6.45) is -2.98. The van der Waals surface area contributed by atoms with Crippen LogP contribution >= 0.6 is 22.9 Å². The first-order valence-electron chi connectivity index (χ1n) is 9.19. The normalized spacial score (nSPS) is 23.4. The highest BCUT2D eigenvalue weighted by Gasteiger charge is 2.48. The molecule has 2 atom stereocenters. The fourth-order valence-electron chi connectivity index (χ4n) is 3.76. The summed E-state index contributed by atoms with van der Waals surface area (Å²) < 4.78 is 42.1. The number of carbonyl (C=O) groups excluding carboxylic acids is 1. The van der Waals surface area contributed by atoms with Crippen LogP contribution in [0.4, 0.5) is 19.0 Å². The number of halogens is 4. The van der Waals surface area contributed by atoms with Crippen LogP contribution in [0.15, 0.2) is 17.5 Å². The summed E-state index contributed by atoms with van der Waals surface area (Å²) in [6, 6.07) is 1.21. The van der Waals surface area contributed by atoms with Crippen LogP contribution in [0.1, 0.15) is 53.6 Å². The number of carbonyl (C=O) groups is 1. The van der Waals surface area contributed by atoms with E-state index in [1.165, 1.54) is 11.3 Å². The summed E-state index contributed by atoms with van der Waals surface area (Å²) >= 11 is 7.75. The smallest absolute Gasteiger partial charge is 0.361 e. The van der Waals surface area contributed by atoms with Crippen molar-refractivity contribution in [3.63, 3.8) is 0 Å². The van der Waals surface area contributed by atoms with Gasteiger partial charge >= 0.3 is 6.18 Å². The number of anilines is 1. The lowest BCUT2D eigenvalue weighted by Gasteiger charge is -2.32. The molecule has 4 rings (SSSR count). The van der Waals surface area contributed by atoms with Crippen molar-refractivity contribution >= 4 is 34.7 Å². The van der Waals surface area contributed by atoms with Gasteiger partial charge in [-0.25, -0.2) is 4.68 Å². The van der Waals surface area contributed by atoms with Crippen molar-refractivity contribution in [3.05, 3.63) is 33.1 Å². The molecule has 0 saturated carbocycles. The van der Waals surface area contributed by atoms with Crippen molar-refractivity contribution in [2.24, 2.45) is 5.92 Å². The van der Waals surface area contributed by atoms with E-state index in [1.807, 2.05) is 5.38 Å². The Morgan fingerprint density at radius 1 is 1.36 bits per heavy atom. The Morgan fingerprint density at radius 3 is 2.68 bits per heavy atom. The zero-order valence-corrected chi connectivity index (χ0v) is 16.7. The lowest BCUT2D eigenvalue weighted by Crippen LogP contribution is -2.38. The number of aromatic nitrogens is 2. The molecule has 2 aromatic heterocycles. The second-order valence-corrected chi connectivity index (χ2v) is 8.79. The number of hydrogen-bond donors (Lipinski definition) is 1. The summed E-state index contributed by atoms with van der Waals surface area (Å²) in [4.78, 5) is 15.3. The fourth-order valence-corrected chi connectivity index (χ4v) is 4.81. The Hall–Kier alpha value is -1.74. The first kappa shape index (κ1) is 19.6. The van der Waals surface area contributed by atoms with Crippen LogP contribution in [0, 0.1) is 5.92 Å². The van der Waals surface area contributed by atoms with E-state index in [0.717, 1.165) is 22.4 Å². The van der Waals surface area contributed by atoms with Crippen molar-refractivity contribution in [2.45, 2.75) is 44.4 Å². The van der Waals surface area contributed by atoms with E-state index in [-0.39, 0.29) is 23.0 Å². The highest BCUT2D eigenvalue weighted by molar-refractivity contribution is 7.10. The third-order valence-corrected chi connectivity index (χ3v) is 6.80. The van der Waals surface area contributed by atoms with E-state index in [0.29, 0.717) is 19.0 Å². The molecule has 2 unspecified atom stereocenters. The van der Waals surface area contributed by atoms with Gasteiger partial charge in [-0.3, -0.25) is 4.79 Å². The molecule has 10 heteroatoms. The van der Waals surface area contributed by atoms with E-state index in [2.05, 4.69) is 17.3 Å². The van der Waals surface area contributed by atoms with Crippen LogP contribution in [0.5, 0.6) is 0 Å². The van der Waals surface area contributed by atoms with Crippen molar-refractivity contribution < 1.29 is 18.0 Å². The van der Waals surface area contributed by atoms with Crippen LogP contribution in [0.2, 0.25) is 5.02 Å². The minimum atomic E-state index is -4.50. The number of hydrogen-bond acceptors (Lipinski definition) is 4. The lowest BCUT2D eigenvalue weighted by atomic mass is 9.99.